The van der Waals surface area contributed by atoms with Crippen LogP contribution in [-0.2, 0) is 47.7 Å². The van der Waals surface area contributed by atoms with Crippen molar-refractivity contribution in [2.24, 2.45) is 0 Å². The number of amides is 2. The fraction of sp³-hybridized carbons (Fsp3) is 0.600. The van der Waals surface area contributed by atoms with Crippen LogP contribution in [0.5, 0.6) is 0 Å². The minimum absolute atomic E-state index is 0.277. The van der Waals surface area contributed by atoms with Crippen LogP contribution in [0.25, 0.3) is 0 Å². The first-order chi connectivity index (χ1) is 15.5. The molecule has 182 valence electrons. The predicted molar refractivity (Wildman–Crippen MR) is 108 cm³/mol. The maximum atomic E-state index is 12.2. The molecule has 1 rings (SSSR count). The van der Waals surface area contributed by atoms with E-state index in [9.17, 15) is 24.0 Å². The Kier molecular flexibility index (Phi) is 10.8. The van der Waals surface area contributed by atoms with Crippen LogP contribution in [0.1, 0.15) is 27.7 Å². The van der Waals surface area contributed by atoms with Gasteiger partial charge in [-0.05, 0) is 6.08 Å². The molecular formula is C20H27N3O10. The van der Waals surface area contributed by atoms with E-state index in [1.807, 2.05) is 0 Å². The van der Waals surface area contributed by atoms with Crippen LogP contribution >= 0.6 is 0 Å². The van der Waals surface area contributed by atoms with Gasteiger partial charge in [-0.3, -0.25) is 19.2 Å². The normalized spacial score (nSPS) is 21.1. The molecule has 0 saturated heterocycles. The molecule has 1 aliphatic heterocycles. The third-order valence-electron chi connectivity index (χ3n) is 4.25. The molecule has 0 bridgehead atoms. The van der Waals surface area contributed by atoms with E-state index in [2.05, 4.69) is 15.4 Å². The first-order valence-electron chi connectivity index (χ1n) is 9.81. The van der Waals surface area contributed by atoms with Crippen molar-refractivity contribution >= 4 is 29.7 Å². The molecule has 0 fully saturated rings. The number of nitrogens with zero attached hydrogens (tertiary/aromatic N) is 1. The van der Waals surface area contributed by atoms with Gasteiger partial charge in [-0.1, -0.05) is 0 Å². The number of carbonyl (C=O) groups excluding carboxylic acids is 5. The first kappa shape index (κ1) is 27.4. The SMILES string of the molecule is COC(=O)C1=C[C@H](OCC#N)[C@@H](NC(C)=O)[C@H]([C@H](OC(C)=O)[C@@H](CNC(C)=O)OC(C)=O)O1. The standard InChI is InChI=1S/C20H27N3O10/c1-10(24)22-9-16(31-12(3)26)18(32-13(4)27)19-17(23-11(2)25)14(30-7-6-21)8-15(33-19)20(28)29-5/h8,14,16-19H,7,9H2,1-5H3,(H,22,24)(H,23,25)/t14-,16+,17+,18+,19+/m0/s1. The van der Waals surface area contributed by atoms with Crippen molar-refractivity contribution < 1.29 is 47.7 Å². The van der Waals surface area contributed by atoms with E-state index in [0.29, 0.717) is 0 Å². The van der Waals surface area contributed by atoms with Crippen molar-refractivity contribution in [1.29, 1.82) is 5.26 Å². The zero-order chi connectivity index (χ0) is 25.1. The fourth-order valence-corrected chi connectivity index (χ4v) is 3.10. The maximum Gasteiger partial charge on any atom is 0.373 e. The summed E-state index contributed by atoms with van der Waals surface area (Å²) in [6, 6.07) is 0.688. The number of carbonyl (C=O) groups is 5. The molecule has 0 aromatic rings. The van der Waals surface area contributed by atoms with E-state index in [4.69, 9.17) is 24.2 Å². The second-order valence-electron chi connectivity index (χ2n) is 6.92. The lowest BCUT2D eigenvalue weighted by Crippen LogP contribution is -2.62. The van der Waals surface area contributed by atoms with E-state index < -0.39 is 66.8 Å². The van der Waals surface area contributed by atoms with Crippen LogP contribution in [0.2, 0.25) is 0 Å². The van der Waals surface area contributed by atoms with Gasteiger partial charge < -0.3 is 34.3 Å². The highest BCUT2D eigenvalue weighted by atomic mass is 16.6. The van der Waals surface area contributed by atoms with Gasteiger partial charge in [0.25, 0.3) is 0 Å². The van der Waals surface area contributed by atoms with E-state index in [1.54, 1.807) is 6.07 Å². The Hall–Kier alpha value is -3.66. The molecule has 0 spiro atoms. The fourth-order valence-electron chi connectivity index (χ4n) is 3.10. The Balaban J connectivity index is 3.55. The van der Waals surface area contributed by atoms with Gasteiger partial charge in [-0.15, -0.1) is 0 Å². The molecule has 0 aromatic carbocycles. The molecule has 0 aliphatic carbocycles. The monoisotopic (exact) mass is 469 g/mol. The van der Waals surface area contributed by atoms with Gasteiger partial charge in [0.1, 0.15) is 12.7 Å². The summed E-state index contributed by atoms with van der Waals surface area (Å²) in [6.07, 6.45) is -3.92. The van der Waals surface area contributed by atoms with Gasteiger partial charge >= 0.3 is 17.9 Å². The number of nitrogens with one attached hydrogen (secondary N) is 2. The average molecular weight is 469 g/mol. The van der Waals surface area contributed by atoms with Crippen LogP contribution in [0.4, 0.5) is 0 Å². The van der Waals surface area contributed by atoms with Crippen LogP contribution in [0.3, 0.4) is 0 Å². The molecule has 1 heterocycles. The molecule has 5 atom stereocenters. The summed E-state index contributed by atoms with van der Waals surface area (Å²) >= 11 is 0. The molecule has 2 amide bonds. The number of hydrogen-bond donors (Lipinski definition) is 2. The van der Waals surface area contributed by atoms with Crippen LogP contribution in [-0.4, -0.2) is 80.4 Å². The van der Waals surface area contributed by atoms with Gasteiger partial charge in [0, 0.05) is 27.7 Å². The van der Waals surface area contributed by atoms with Crippen molar-refractivity contribution in [2.45, 2.75) is 58.2 Å². The minimum Gasteiger partial charge on any atom is -0.477 e. The summed E-state index contributed by atoms with van der Waals surface area (Å²) in [5, 5.41) is 14.0. The average Bonchev–Trinajstić information content (AvgIpc) is 2.72. The van der Waals surface area contributed by atoms with Crippen LogP contribution < -0.4 is 10.6 Å². The molecule has 0 saturated carbocycles. The second kappa shape index (κ2) is 13.0. The zero-order valence-electron chi connectivity index (χ0n) is 18.9. The Morgan fingerprint density at radius 3 is 2.21 bits per heavy atom. The third-order valence-corrected chi connectivity index (χ3v) is 4.25. The smallest absolute Gasteiger partial charge is 0.373 e. The summed E-state index contributed by atoms with van der Waals surface area (Å²) < 4.78 is 26.5. The van der Waals surface area contributed by atoms with Crippen molar-refractivity contribution in [3.63, 3.8) is 0 Å². The number of rotatable bonds is 10. The van der Waals surface area contributed by atoms with Crippen molar-refractivity contribution in [3.05, 3.63) is 11.8 Å². The van der Waals surface area contributed by atoms with Gasteiger partial charge in [-0.25, -0.2) is 4.79 Å². The van der Waals surface area contributed by atoms with E-state index >= 15 is 0 Å². The lowest BCUT2D eigenvalue weighted by atomic mass is 9.93. The molecule has 13 nitrogen and oxygen atoms in total. The summed E-state index contributed by atoms with van der Waals surface area (Å²) in [7, 11) is 1.11. The topological polar surface area (TPSA) is 179 Å². The number of methoxy groups -OCH3 is 1. The highest BCUT2D eigenvalue weighted by Crippen LogP contribution is 2.28. The van der Waals surface area contributed by atoms with Gasteiger partial charge in [0.15, 0.2) is 18.3 Å². The molecule has 13 heteroatoms. The molecule has 1 aliphatic rings. The Labute approximate surface area is 190 Å². The summed E-state index contributed by atoms with van der Waals surface area (Å²) in [6.45, 7) is 3.95. The molecule has 0 radical (unpaired) electrons. The van der Waals surface area contributed by atoms with E-state index in [1.165, 1.54) is 19.9 Å². The molecule has 0 unspecified atom stereocenters. The van der Waals surface area contributed by atoms with Crippen LogP contribution in [0, 0.1) is 11.3 Å². The number of hydrogen-bond acceptors (Lipinski definition) is 11. The van der Waals surface area contributed by atoms with Crippen molar-refractivity contribution in [2.75, 3.05) is 20.3 Å². The molecule has 2 N–H and O–H groups in total. The highest BCUT2D eigenvalue weighted by molar-refractivity contribution is 5.86. The largest absolute Gasteiger partial charge is 0.477 e. The predicted octanol–water partition coefficient (Wildman–Crippen LogP) is -1.14. The molecule has 0 aromatic heterocycles. The number of nitriles is 1. The Bertz CT molecular complexity index is 834. The summed E-state index contributed by atoms with van der Waals surface area (Å²) in [5.74, 6) is -3.78. The number of ether oxygens (including phenoxy) is 5. The second-order valence-corrected chi connectivity index (χ2v) is 6.92. The quantitative estimate of drug-likeness (QED) is 0.291. The summed E-state index contributed by atoms with van der Waals surface area (Å²) in [4.78, 5) is 59.2. The van der Waals surface area contributed by atoms with Crippen LogP contribution in [0.15, 0.2) is 11.8 Å². The zero-order valence-corrected chi connectivity index (χ0v) is 18.9. The van der Waals surface area contributed by atoms with Gasteiger partial charge in [0.2, 0.25) is 17.6 Å². The summed E-state index contributed by atoms with van der Waals surface area (Å²) in [5.41, 5.74) is 0. The number of esters is 3. The third kappa shape index (κ3) is 8.77. The first-order valence-corrected chi connectivity index (χ1v) is 9.81. The Morgan fingerprint density at radius 2 is 1.73 bits per heavy atom. The Morgan fingerprint density at radius 1 is 1.09 bits per heavy atom. The lowest BCUT2D eigenvalue weighted by molar-refractivity contribution is -0.184. The van der Waals surface area contributed by atoms with E-state index in [-0.39, 0.29) is 12.3 Å². The maximum absolute atomic E-state index is 12.2. The highest BCUT2D eigenvalue weighted by Gasteiger charge is 2.48. The van der Waals surface area contributed by atoms with E-state index in [0.717, 1.165) is 21.0 Å². The van der Waals surface area contributed by atoms with Crippen molar-refractivity contribution in [1.82, 2.24) is 10.6 Å². The minimum atomic E-state index is -1.42. The molecular weight excluding hydrogens is 442 g/mol. The van der Waals surface area contributed by atoms with Gasteiger partial charge in [0.05, 0.1) is 25.8 Å². The lowest BCUT2D eigenvalue weighted by Gasteiger charge is -2.41. The van der Waals surface area contributed by atoms with Crippen molar-refractivity contribution in [3.8, 4) is 6.07 Å². The van der Waals surface area contributed by atoms with Gasteiger partial charge in [-0.2, -0.15) is 5.26 Å². The molecule has 33 heavy (non-hydrogen) atoms.